The van der Waals surface area contributed by atoms with Gasteiger partial charge in [-0.25, -0.2) is 4.98 Å². The zero-order chi connectivity index (χ0) is 24.5. The lowest BCUT2D eigenvalue weighted by atomic mass is 9.54. The first kappa shape index (κ1) is 24.9. The monoisotopic (exact) mass is 672 g/mol. The summed E-state index contributed by atoms with van der Waals surface area (Å²) in [6.07, 6.45) is 5.89. The van der Waals surface area contributed by atoms with Gasteiger partial charge in [0.2, 0.25) is 5.91 Å². The molecular formula is C25H27Br3N2O3S. The number of carbonyl (C=O) groups excluding carboxylic acids is 2. The molecule has 0 aliphatic heterocycles. The Hall–Kier alpha value is -0.770. The predicted molar refractivity (Wildman–Crippen MR) is 144 cm³/mol. The van der Waals surface area contributed by atoms with Gasteiger partial charge in [-0.3, -0.25) is 9.59 Å². The molecule has 182 valence electrons. The van der Waals surface area contributed by atoms with E-state index in [1.807, 2.05) is 6.92 Å². The van der Waals surface area contributed by atoms with Crippen molar-refractivity contribution < 1.29 is 14.7 Å². The van der Waals surface area contributed by atoms with Crippen LogP contribution < -0.4 is 5.73 Å². The quantitative estimate of drug-likeness (QED) is 0.369. The maximum absolute atomic E-state index is 13.6. The highest BCUT2D eigenvalue weighted by Gasteiger charge is 2.62. The van der Waals surface area contributed by atoms with Crippen LogP contribution in [-0.4, -0.2) is 26.6 Å². The molecule has 1 aromatic heterocycles. The summed E-state index contributed by atoms with van der Waals surface area (Å²) in [6, 6.07) is 2.07. The first-order valence-corrected chi connectivity index (χ1v) is 15.0. The zero-order valence-electron chi connectivity index (χ0n) is 19.0. The second-order valence-corrected chi connectivity index (χ2v) is 14.2. The number of hydrogen-bond donors (Lipinski definition) is 2. The summed E-state index contributed by atoms with van der Waals surface area (Å²) >= 11 is 12.4. The van der Waals surface area contributed by atoms with Crippen molar-refractivity contribution in [2.24, 2.45) is 28.9 Å². The maximum atomic E-state index is 13.6. The summed E-state index contributed by atoms with van der Waals surface area (Å²) in [6.45, 7) is 4.11. The highest BCUT2D eigenvalue weighted by Crippen LogP contribution is 2.64. The Balaban J connectivity index is 1.54. The number of nitrogens with zero attached hydrogens (tertiary/aromatic N) is 1. The molecular weight excluding hydrogens is 648 g/mol. The summed E-state index contributed by atoms with van der Waals surface area (Å²) in [5, 5.41) is 11.2. The minimum absolute atomic E-state index is 0.0116. The van der Waals surface area contributed by atoms with Crippen LogP contribution in [-0.2, 0) is 16.0 Å². The molecule has 34 heavy (non-hydrogen) atoms. The van der Waals surface area contributed by atoms with Crippen molar-refractivity contribution in [1.82, 2.24) is 4.98 Å². The topological polar surface area (TPSA) is 93.3 Å². The number of aromatic nitrogens is 1. The van der Waals surface area contributed by atoms with E-state index in [0.717, 1.165) is 40.0 Å². The second-order valence-electron chi connectivity index (χ2n) is 10.3. The highest BCUT2D eigenvalue weighted by molar-refractivity contribution is 9.11. The Labute approximate surface area is 228 Å². The molecule has 3 N–H and O–H groups in total. The van der Waals surface area contributed by atoms with Gasteiger partial charge in [0.15, 0.2) is 5.78 Å². The Kier molecular flexibility index (Phi) is 6.56. The van der Waals surface area contributed by atoms with Crippen LogP contribution >= 0.6 is 59.1 Å². The Bertz CT molecular complexity index is 1180. The summed E-state index contributed by atoms with van der Waals surface area (Å²) in [5.41, 5.74) is 7.90. The van der Waals surface area contributed by atoms with E-state index in [0.29, 0.717) is 22.7 Å². The number of hydrogen-bond acceptors (Lipinski definition) is 5. The number of phenols is 1. The number of phenolic OH excluding ortho intramolecular Hbond substituents is 1. The van der Waals surface area contributed by atoms with E-state index in [4.69, 9.17) is 5.73 Å². The smallest absolute Gasteiger partial charge is 0.227 e. The SMILES string of the molecule is Cc1cnc(C(C[C@@H]2C(Br)C(=O)[C@@]3(C)CCC4c5cc(Br)c(O)c(Br)c5CCC4C23)C(N)=O)s1. The molecule has 1 heterocycles. The molecule has 7 atom stereocenters. The fourth-order valence-corrected chi connectivity index (χ4v) is 10.4. The van der Waals surface area contributed by atoms with Crippen LogP contribution in [0.3, 0.4) is 0 Å². The van der Waals surface area contributed by atoms with E-state index in [1.54, 1.807) is 6.20 Å². The van der Waals surface area contributed by atoms with E-state index in [9.17, 15) is 14.7 Å². The molecule has 0 radical (unpaired) electrons. The summed E-state index contributed by atoms with van der Waals surface area (Å²) in [4.78, 5) is 31.4. The normalized spacial score (nSPS) is 33.2. The number of Topliss-reactive ketones (excluding diaryl/α,β-unsaturated/α-hetero) is 1. The molecule has 5 rings (SSSR count). The van der Waals surface area contributed by atoms with Crippen LogP contribution in [0.5, 0.6) is 5.75 Å². The van der Waals surface area contributed by atoms with E-state index in [-0.39, 0.29) is 34.1 Å². The van der Waals surface area contributed by atoms with Gasteiger partial charge >= 0.3 is 0 Å². The third kappa shape index (κ3) is 3.75. The minimum Gasteiger partial charge on any atom is -0.506 e. The standard InChI is InChI=1S/C25H27Br3N2O3S/c1-10-9-30-24(34-10)16(23(29)33)7-15-18-12-3-4-13-14(8-17(26)21(31)19(13)27)11(12)5-6-25(18,2)22(32)20(15)28/h8-9,11-12,15-16,18,20,31H,3-7H2,1-2H3,(H2,29,33)/t11?,12?,15-,16?,18?,20?,25-/m0/s1. The number of fused-ring (bicyclic) bond motifs is 5. The first-order valence-electron chi connectivity index (χ1n) is 11.6. The lowest BCUT2D eigenvalue weighted by Crippen LogP contribution is -2.44. The number of rotatable bonds is 4. The van der Waals surface area contributed by atoms with Crippen molar-refractivity contribution in [3.8, 4) is 5.75 Å². The molecule has 1 aromatic carbocycles. The minimum atomic E-state index is -0.490. The fourth-order valence-electron chi connectivity index (χ4n) is 7.07. The summed E-state index contributed by atoms with van der Waals surface area (Å²) in [5.74, 6) is 0.460. The molecule has 0 spiro atoms. The van der Waals surface area contributed by atoms with Gasteiger partial charge in [0.25, 0.3) is 0 Å². The van der Waals surface area contributed by atoms with Gasteiger partial charge in [0, 0.05) is 16.5 Å². The third-order valence-electron chi connectivity index (χ3n) is 8.58. The van der Waals surface area contributed by atoms with Gasteiger partial charge in [-0.1, -0.05) is 22.9 Å². The van der Waals surface area contributed by atoms with Gasteiger partial charge in [0.1, 0.15) is 10.8 Å². The zero-order valence-corrected chi connectivity index (χ0v) is 24.6. The number of primary amides is 1. The molecule has 1 amide bonds. The van der Waals surface area contributed by atoms with Gasteiger partial charge in [-0.05, 0) is 112 Å². The largest absolute Gasteiger partial charge is 0.506 e. The van der Waals surface area contributed by atoms with Crippen molar-refractivity contribution in [1.29, 1.82) is 0 Å². The van der Waals surface area contributed by atoms with Crippen molar-refractivity contribution in [3.63, 3.8) is 0 Å². The van der Waals surface area contributed by atoms with Gasteiger partial charge in [0.05, 0.1) is 19.7 Å². The van der Waals surface area contributed by atoms with E-state index in [1.165, 1.54) is 22.5 Å². The van der Waals surface area contributed by atoms with Crippen molar-refractivity contribution >= 4 is 70.8 Å². The third-order valence-corrected chi connectivity index (χ3v) is 12.2. The van der Waals surface area contributed by atoms with Crippen molar-refractivity contribution in [2.75, 3.05) is 0 Å². The highest BCUT2D eigenvalue weighted by atomic mass is 79.9. The number of amides is 1. The predicted octanol–water partition coefficient (Wildman–Crippen LogP) is 6.37. The van der Waals surface area contributed by atoms with Crippen LogP contribution in [0.25, 0.3) is 0 Å². The molecule has 9 heteroatoms. The van der Waals surface area contributed by atoms with Crippen LogP contribution in [0.2, 0.25) is 0 Å². The van der Waals surface area contributed by atoms with Crippen LogP contribution in [0.15, 0.2) is 21.2 Å². The molecule has 3 aliphatic rings. The van der Waals surface area contributed by atoms with Crippen LogP contribution in [0.1, 0.15) is 65.5 Å². The number of aromatic hydroxyl groups is 1. The number of carbonyl (C=O) groups is 2. The Morgan fingerprint density at radius 1 is 1.38 bits per heavy atom. The van der Waals surface area contributed by atoms with Crippen molar-refractivity contribution in [3.05, 3.63) is 42.2 Å². The molecule has 5 nitrogen and oxygen atoms in total. The van der Waals surface area contributed by atoms with Crippen LogP contribution in [0.4, 0.5) is 0 Å². The van der Waals surface area contributed by atoms with Gasteiger partial charge in [-0.2, -0.15) is 0 Å². The number of ketones is 1. The number of halogens is 3. The van der Waals surface area contributed by atoms with E-state index in [2.05, 4.69) is 65.8 Å². The molecule has 2 aromatic rings. The fraction of sp³-hybridized carbons (Fsp3) is 0.560. The molecule has 2 fully saturated rings. The molecule has 0 saturated heterocycles. The summed E-state index contributed by atoms with van der Waals surface area (Å²) < 4.78 is 1.46. The number of thiazole rings is 1. The lowest BCUT2D eigenvalue weighted by molar-refractivity contribution is -0.129. The number of alkyl halides is 1. The summed E-state index contributed by atoms with van der Waals surface area (Å²) in [7, 11) is 0. The lowest BCUT2D eigenvalue weighted by Gasteiger charge is -2.50. The second kappa shape index (κ2) is 8.96. The number of nitrogens with two attached hydrogens (primary N) is 1. The number of benzene rings is 1. The molecule has 5 unspecified atom stereocenters. The first-order chi connectivity index (χ1) is 16.0. The average Bonchev–Trinajstić information content (AvgIpc) is 3.30. The Morgan fingerprint density at radius 3 is 2.76 bits per heavy atom. The van der Waals surface area contributed by atoms with Crippen LogP contribution in [0, 0.1) is 30.1 Å². The average molecular weight is 675 g/mol. The molecule has 0 bridgehead atoms. The van der Waals surface area contributed by atoms with E-state index >= 15 is 0 Å². The van der Waals surface area contributed by atoms with Gasteiger partial charge in [-0.15, -0.1) is 11.3 Å². The number of aryl methyl sites for hydroxylation is 1. The Morgan fingerprint density at radius 2 is 2.12 bits per heavy atom. The van der Waals surface area contributed by atoms with E-state index < -0.39 is 11.3 Å². The van der Waals surface area contributed by atoms with Crippen molar-refractivity contribution in [2.45, 2.75) is 62.6 Å². The molecule has 2 saturated carbocycles. The molecule has 3 aliphatic carbocycles. The van der Waals surface area contributed by atoms with Gasteiger partial charge < -0.3 is 10.8 Å². The maximum Gasteiger partial charge on any atom is 0.227 e.